The maximum atomic E-state index is 10.7. The summed E-state index contributed by atoms with van der Waals surface area (Å²) in [5.74, 6) is -0.609. The van der Waals surface area contributed by atoms with E-state index in [0.29, 0.717) is 0 Å². The van der Waals surface area contributed by atoms with Crippen molar-refractivity contribution in [2.45, 2.75) is 18.3 Å². The molecule has 0 aromatic carbocycles. The molecule has 0 amide bonds. The molecule has 5 heteroatoms. The molecule has 1 fully saturated rings. The number of aliphatic hydroxyl groups is 2. The summed E-state index contributed by atoms with van der Waals surface area (Å²) in [4.78, 5) is 10.7. The zero-order chi connectivity index (χ0) is 8.43. The third kappa shape index (κ3) is 1.35. The third-order valence-corrected chi connectivity index (χ3v) is 1.63. The minimum absolute atomic E-state index is 0.283. The lowest BCUT2D eigenvalue weighted by Gasteiger charge is -2.38. The zero-order valence-electron chi connectivity index (χ0n) is 6.06. The van der Waals surface area contributed by atoms with E-state index in [1.807, 2.05) is 0 Å². The molecule has 0 aliphatic carbocycles. The summed E-state index contributed by atoms with van der Waals surface area (Å²) >= 11 is 0. The minimum atomic E-state index is -0.938. The fourth-order valence-electron chi connectivity index (χ4n) is 0.917. The number of esters is 1. The molecular formula is C6H10O5. The van der Waals surface area contributed by atoms with Gasteiger partial charge in [-0.25, -0.2) is 4.79 Å². The highest BCUT2D eigenvalue weighted by Crippen LogP contribution is 2.21. The number of ether oxygens (including phenoxy) is 2. The number of hydrogen-bond donors (Lipinski definition) is 2. The molecule has 0 aromatic heterocycles. The molecule has 0 radical (unpaired) electrons. The normalized spacial score (nSPS) is 36.1. The Labute approximate surface area is 63.5 Å². The Bertz CT molecular complexity index is 157. The summed E-state index contributed by atoms with van der Waals surface area (Å²) in [6.45, 7) is -0.283. The van der Waals surface area contributed by atoms with E-state index in [4.69, 9.17) is 14.9 Å². The Hall–Kier alpha value is -0.650. The fourth-order valence-corrected chi connectivity index (χ4v) is 0.917. The van der Waals surface area contributed by atoms with E-state index in [0.717, 1.165) is 0 Å². The maximum absolute atomic E-state index is 10.7. The van der Waals surface area contributed by atoms with Crippen LogP contribution in [0.15, 0.2) is 0 Å². The lowest BCUT2D eigenvalue weighted by Crippen LogP contribution is -2.59. The van der Waals surface area contributed by atoms with Gasteiger partial charge in [0.15, 0.2) is 6.10 Å². The molecule has 0 saturated carbocycles. The minimum Gasteiger partial charge on any atom is -0.467 e. The van der Waals surface area contributed by atoms with Crippen LogP contribution in [0.1, 0.15) is 0 Å². The van der Waals surface area contributed by atoms with E-state index in [2.05, 4.69) is 4.74 Å². The predicted molar refractivity (Wildman–Crippen MR) is 33.8 cm³/mol. The van der Waals surface area contributed by atoms with Crippen molar-refractivity contribution in [1.82, 2.24) is 0 Å². The molecule has 5 nitrogen and oxygen atoms in total. The van der Waals surface area contributed by atoms with Gasteiger partial charge in [0, 0.05) is 0 Å². The average molecular weight is 162 g/mol. The van der Waals surface area contributed by atoms with Gasteiger partial charge in [-0.1, -0.05) is 0 Å². The van der Waals surface area contributed by atoms with Gasteiger partial charge in [0.2, 0.25) is 0 Å². The molecule has 1 saturated heterocycles. The first-order chi connectivity index (χ1) is 5.20. The van der Waals surface area contributed by atoms with Crippen LogP contribution in [0.4, 0.5) is 0 Å². The highest BCUT2D eigenvalue weighted by molar-refractivity contribution is 5.76. The van der Waals surface area contributed by atoms with E-state index >= 15 is 0 Å². The second kappa shape index (κ2) is 3.17. The third-order valence-electron chi connectivity index (χ3n) is 1.63. The number of carbonyl (C=O) groups excluding carboxylic acids is 1. The summed E-state index contributed by atoms with van der Waals surface area (Å²) in [7, 11) is 1.21. The van der Waals surface area contributed by atoms with Crippen LogP contribution in [0, 0.1) is 0 Å². The molecule has 64 valence electrons. The van der Waals surface area contributed by atoms with Gasteiger partial charge in [0.25, 0.3) is 0 Å². The quantitative estimate of drug-likeness (QED) is 0.472. The van der Waals surface area contributed by atoms with Gasteiger partial charge in [0.1, 0.15) is 12.2 Å². The number of carbonyl (C=O) groups is 1. The number of aliphatic hydroxyl groups excluding tert-OH is 2. The monoisotopic (exact) mass is 162 g/mol. The van der Waals surface area contributed by atoms with Crippen LogP contribution in [0.3, 0.4) is 0 Å². The molecule has 0 bridgehead atoms. The Morgan fingerprint density at radius 1 is 1.73 bits per heavy atom. The van der Waals surface area contributed by atoms with Gasteiger partial charge in [-0.05, 0) is 0 Å². The lowest BCUT2D eigenvalue weighted by molar-refractivity contribution is -0.239. The Morgan fingerprint density at radius 2 is 2.36 bits per heavy atom. The molecule has 1 heterocycles. The lowest BCUT2D eigenvalue weighted by atomic mass is 10.0. The Morgan fingerprint density at radius 3 is 2.73 bits per heavy atom. The van der Waals surface area contributed by atoms with E-state index < -0.39 is 24.3 Å². The van der Waals surface area contributed by atoms with Crippen LogP contribution >= 0.6 is 0 Å². The highest BCUT2D eigenvalue weighted by atomic mass is 16.6. The molecule has 0 aromatic rings. The van der Waals surface area contributed by atoms with Gasteiger partial charge in [-0.3, -0.25) is 0 Å². The van der Waals surface area contributed by atoms with Crippen molar-refractivity contribution in [2.75, 3.05) is 13.7 Å². The van der Waals surface area contributed by atoms with Crippen molar-refractivity contribution in [3.63, 3.8) is 0 Å². The van der Waals surface area contributed by atoms with Crippen LogP contribution in [-0.4, -0.2) is 48.2 Å². The molecule has 1 aliphatic rings. The SMILES string of the molecule is COC(=O)[C@H]1O[C@@H](CO)[C@@H]1O. The standard InChI is InChI=1S/C6H10O5/c1-10-6(9)5-4(8)3(2-7)11-5/h3-5,7-8H,2H2,1H3/t3-,4-,5-/m0/s1. The van der Waals surface area contributed by atoms with E-state index in [9.17, 15) is 4.79 Å². The van der Waals surface area contributed by atoms with Gasteiger partial charge >= 0.3 is 5.97 Å². The Kier molecular flexibility index (Phi) is 2.43. The van der Waals surface area contributed by atoms with Gasteiger partial charge in [-0.15, -0.1) is 0 Å². The molecule has 0 unspecified atom stereocenters. The summed E-state index contributed by atoms with van der Waals surface area (Å²) in [6, 6.07) is 0. The summed E-state index contributed by atoms with van der Waals surface area (Å²) < 4.78 is 9.09. The topological polar surface area (TPSA) is 76.0 Å². The average Bonchev–Trinajstić information content (AvgIpc) is 2.02. The second-order valence-corrected chi connectivity index (χ2v) is 2.29. The van der Waals surface area contributed by atoms with E-state index in [1.165, 1.54) is 7.11 Å². The summed E-state index contributed by atoms with van der Waals surface area (Å²) in [6.07, 6.45) is -2.50. The predicted octanol–water partition coefficient (Wildman–Crippen LogP) is -1.72. The van der Waals surface area contributed by atoms with E-state index in [-0.39, 0.29) is 6.61 Å². The first-order valence-corrected chi connectivity index (χ1v) is 3.23. The van der Waals surface area contributed by atoms with Crippen molar-refractivity contribution in [3.8, 4) is 0 Å². The van der Waals surface area contributed by atoms with Crippen molar-refractivity contribution in [1.29, 1.82) is 0 Å². The van der Waals surface area contributed by atoms with Crippen LogP contribution < -0.4 is 0 Å². The van der Waals surface area contributed by atoms with Crippen LogP contribution in [0.2, 0.25) is 0 Å². The molecule has 2 N–H and O–H groups in total. The van der Waals surface area contributed by atoms with Crippen LogP contribution in [0.5, 0.6) is 0 Å². The van der Waals surface area contributed by atoms with Crippen molar-refractivity contribution >= 4 is 5.97 Å². The summed E-state index contributed by atoms with van der Waals surface area (Å²) in [5, 5.41) is 17.6. The number of methoxy groups -OCH3 is 1. The Balaban J connectivity index is 2.38. The van der Waals surface area contributed by atoms with Crippen LogP contribution in [-0.2, 0) is 14.3 Å². The first-order valence-electron chi connectivity index (χ1n) is 3.23. The first kappa shape index (κ1) is 8.45. The fraction of sp³-hybridized carbons (Fsp3) is 0.833. The smallest absolute Gasteiger partial charge is 0.337 e. The molecule has 3 atom stereocenters. The largest absolute Gasteiger partial charge is 0.467 e. The maximum Gasteiger partial charge on any atom is 0.337 e. The van der Waals surface area contributed by atoms with Gasteiger partial charge in [-0.2, -0.15) is 0 Å². The molecule has 1 aliphatic heterocycles. The van der Waals surface area contributed by atoms with Gasteiger partial charge < -0.3 is 19.7 Å². The van der Waals surface area contributed by atoms with Crippen molar-refractivity contribution < 1.29 is 24.5 Å². The van der Waals surface area contributed by atoms with Crippen molar-refractivity contribution in [2.24, 2.45) is 0 Å². The van der Waals surface area contributed by atoms with E-state index in [1.54, 1.807) is 0 Å². The number of hydrogen-bond acceptors (Lipinski definition) is 5. The second-order valence-electron chi connectivity index (χ2n) is 2.29. The molecular weight excluding hydrogens is 152 g/mol. The van der Waals surface area contributed by atoms with Crippen molar-refractivity contribution in [3.05, 3.63) is 0 Å². The molecule has 0 spiro atoms. The van der Waals surface area contributed by atoms with Crippen LogP contribution in [0.25, 0.3) is 0 Å². The highest BCUT2D eigenvalue weighted by Gasteiger charge is 2.46. The zero-order valence-corrected chi connectivity index (χ0v) is 6.06. The number of rotatable bonds is 2. The van der Waals surface area contributed by atoms with Gasteiger partial charge in [0.05, 0.1) is 13.7 Å². The summed E-state index contributed by atoms with van der Waals surface area (Å²) in [5.41, 5.74) is 0. The molecule has 11 heavy (non-hydrogen) atoms. The molecule has 1 rings (SSSR count).